The molecule has 20 heavy (non-hydrogen) atoms. The second kappa shape index (κ2) is 6.02. The fourth-order valence-electron chi connectivity index (χ4n) is 2.36. The van der Waals surface area contributed by atoms with Crippen molar-refractivity contribution in [2.75, 3.05) is 6.54 Å². The van der Waals surface area contributed by atoms with Crippen LogP contribution in [0.2, 0.25) is 0 Å². The van der Waals surface area contributed by atoms with Gasteiger partial charge in [-0.1, -0.05) is 0 Å². The first kappa shape index (κ1) is 15.8. The normalized spacial score (nSPS) is 20.2. The highest BCUT2D eigenvalue weighted by Crippen LogP contribution is 2.41. The average molecular weight is 303 g/mol. The highest BCUT2D eigenvalue weighted by Gasteiger charge is 2.36. The first-order valence-corrected chi connectivity index (χ1v) is 8.02. The number of halogens is 2. The van der Waals surface area contributed by atoms with E-state index in [4.69, 9.17) is 0 Å². The minimum absolute atomic E-state index is 0.0157. The number of nitrogens with one attached hydrogen (secondary N) is 1. The molecular weight excluding hydrogens is 280 g/mol. The van der Waals surface area contributed by atoms with E-state index in [2.05, 4.69) is 36.3 Å². The Morgan fingerprint density at radius 2 is 1.90 bits per heavy atom. The second-order valence-electron chi connectivity index (χ2n) is 6.59. The van der Waals surface area contributed by atoms with E-state index in [1.807, 2.05) is 0 Å². The summed E-state index contributed by atoms with van der Waals surface area (Å²) < 4.78 is 26.3. The molecule has 0 unspecified atom stereocenters. The van der Waals surface area contributed by atoms with E-state index in [0.717, 1.165) is 23.0 Å². The van der Waals surface area contributed by atoms with Crippen LogP contribution in [-0.2, 0) is 6.42 Å². The third-order valence-electron chi connectivity index (χ3n) is 3.54. The molecule has 1 aromatic heterocycles. The van der Waals surface area contributed by atoms with Crippen molar-refractivity contribution < 1.29 is 8.78 Å². The van der Waals surface area contributed by atoms with Crippen molar-refractivity contribution in [3.05, 3.63) is 10.0 Å². The van der Waals surface area contributed by atoms with Crippen LogP contribution in [0.4, 0.5) is 8.78 Å². The van der Waals surface area contributed by atoms with E-state index in [1.54, 1.807) is 11.3 Å². The molecule has 0 aromatic carbocycles. The molecule has 1 aromatic rings. The number of hydrogen-bond donors (Lipinski definition) is 1. The molecule has 1 heterocycles. The molecule has 3 nitrogen and oxygen atoms in total. The quantitative estimate of drug-likeness (QED) is 0.920. The van der Waals surface area contributed by atoms with Crippen molar-refractivity contribution in [2.24, 2.45) is 0 Å². The Morgan fingerprint density at radius 1 is 1.25 bits per heavy atom. The molecular formula is C14H23F2N3S. The standard InChI is InChI=1S/C14H23F2N3S/c1-13(2,3)17-9-6-11-18-19-12(20-11)10-4-7-14(15,16)8-5-10/h10,17H,4-9H2,1-3H3. The van der Waals surface area contributed by atoms with Gasteiger partial charge in [-0.2, -0.15) is 0 Å². The van der Waals surface area contributed by atoms with Crippen molar-refractivity contribution in [1.82, 2.24) is 15.5 Å². The Balaban J connectivity index is 1.83. The van der Waals surface area contributed by atoms with E-state index in [9.17, 15) is 8.78 Å². The van der Waals surface area contributed by atoms with Gasteiger partial charge in [-0.05, 0) is 33.6 Å². The molecule has 0 aliphatic heterocycles. The van der Waals surface area contributed by atoms with Gasteiger partial charge in [0, 0.05) is 37.3 Å². The van der Waals surface area contributed by atoms with Crippen LogP contribution >= 0.6 is 11.3 Å². The number of alkyl halides is 2. The lowest BCUT2D eigenvalue weighted by molar-refractivity contribution is -0.0382. The Bertz CT molecular complexity index is 430. The second-order valence-corrected chi connectivity index (χ2v) is 7.68. The topological polar surface area (TPSA) is 37.8 Å². The van der Waals surface area contributed by atoms with Gasteiger partial charge >= 0.3 is 0 Å². The summed E-state index contributed by atoms with van der Waals surface area (Å²) in [5.41, 5.74) is 0.0997. The number of hydrogen-bond acceptors (Lipinski definition) is 4. The number of rotatable bonds is 4. The smallest absolute Gasteiger partial charge is 0.248 e. The van der Waals surface area contributed by atoms with Gasteiger partial charge in [-0.25, -0.2) is 8.78 Å². The maximum atomic E-state index is 13.1. The maximum absolute atomic E-state index is 13.1. The van der Waals surface area contributed by atoms with E-state index in [-0.39, 0.29) is 24.3 Å². The molecule has 1 aliphatic rings. The van der Waals surface area contributed by atoms with Gasteiger partial charge in [-0.15, -0.1) is 21.5 Å². The van der Waals surface area contributed by atoms with Crippen LogP contribution in [0.15, 0.2) is 0 Å². The molecule has 114 valence electrons. The minimum Gasteiger partial charge on any atom is -0.312 e. The Labute approximate surface area is 123 Å². The SMILES string of the molecule is CC(C)(C)NCCc1nnc(C2CCC(F)(F)CC2)s1. The summed E-state index contributed by atoms with van der Waals surface area (Å²) in [5.74, 6) is -2.29. The van der Waals surface area contributed by atoms with Gasteiger partial charge in [0.05, 0.1) is 0 Å². The van der Waals surface area contributed by atoms with Crippen molar-refractivity contribution in [3.63, 3.8) is 0 Å². The zero-order chi connectivity index (χ0) is 14.8. The summed E-state index contributed by atoms with van der Waals surface area (Å²) in [6.07, 6.45) is 1.87. The third kappa shape index (κ3) is 4.74. The van der Waals surface area contributed by atoms with Crippen molar-refractivity contribution >= 4 is 11.3 Å². The van der Waals surface area contributed by atoms with E-state index >= 15 is 0 Å². The lowest BCUT2D eigenvalue weighted by Gasteiger charge is -2.26. The fourth-order valence-corrected chi connectivity index (χ4v) is 3.38. The minimum atomic E-state index is -2.47. The summed E-state index contributed by atoms with van der Waals surface area (Å²) in [5, 5.41) is 13.7. The Kier molecular flexibility index (Phi) is 4.74. The van der Waals surface area contributed by atoms with Gasteiger partial charge in [0.2, 0.25) is 5.92 Å². The first-order valence-electron chi connectivity index (χ1n) is 7.20. The zero-order valence-corrected chi connectivity index (χ0v) is 13.2. The van der Waals surface area contributed by atoms with E-state index < -0.39 is 5.92 Å². The van der Waals surface area contributed by atoms with Crippen molar-refractivity contribution in [3.8, 4) is 0 Å². The zero-order valence-electron chi connectivity index (χ0n) is 12.4. The van der Waals surface area contributed by atoms with Gasteiger partial charge < -0.3 is 5.32 Å². The predicted molar refractivity (Wildman–Crippen MR) is 77.5 cm³/mol. The van der Waals surface area contributed by atoms with Crippen LogP contribution < -0.4 is 5.32 Å². The molecule has 0 radical (unpaired) electrons. The van der Waals surface area contributed by atoms with Crippen molar-refractivity contribution in [2.45, 2.75) is 70.3 Å². The summed E-state index contributed by atoms with van der Waals surface area (Å²) in [6.45, 7) is 7.24. The van der Waals surface area contributed by atoms with Crippen LogP contribution in [0.1, 0.15) is 62.4 Å². The molecule has 2 rings (SSSR count). The molecule has 1 aliphatic carbocycles. The van der Waals surface area contributed by atoms with Crippen LogP contribution in [-0.4, -0.2) is 28.2 Å². The molecule has 1 N–H and O–H groups in total. The summed E-state index contributed by atoms with van der Waals surface area (Å²) in [6, 6.07) is 0. The van der Waals surface area contributed by atoms with Crippen molar-refractivity contribution in [1.29, 1.82) is 0 Å². The molecule has 0 amide bonds. The number of aromatic nitrogens is 2. The molecule has 6 heteroatoms. The molecule has 0 bridgehead atoms. The largest absolute Gasteiger partial charge is 0.312 e. The Morgan fingerprint density at radius 3 is 2.50 bits per heavy atom. The summed E-state index contributed by atoms with van der Waals surface area (Å²) in [7, 11) is 0. The molecule has 1 saturated carbocycles. The average Bonchev–Trinajstić information content (AvgIpc) is 2.76. The van der Waals surface area contributed by atoms with Gasteiger partial charge in [0.15, 0.2) is 0 Å². The molecule has 1 fully saturated rings. The fraction of sp³-hybridized carbons (Fsp3) is 0.857. The maximum Gasteiger partial charge on any atom is 0.248 e. The molecule has 0 saturated heterocycles. The number of nitrogens with zero attached hydrogens (tertiary/aromatic N) is 2. The van der Waals surface area contributed by atoms with Gasteiger partial charge in [-0.3, -0.25) is 0 Å². The summed E-state index contributed by atoms with van der Waals surface area (Å²) >= 11 is 1.58. The Hall–Kier alpha value is -0.620. The van der Waals surface area contributed by atoms with Crippen LogP contribution in [0.5, 0.6) is 0 Å². The van der Waals surface area contributed by atoms with Gasteiger partial charge in [0.1, 0.15) is 10.0 Å². The molecule has 0 spiro atoms. The van der Waals surface area contributed by atoms with E-state index in [0.29, 0.717) is 12.8 Å². The highest BCUT2D eigenvalue weighted by molar-refractivity contribution is 7.11. The van der Waals surface area contributed by atoms with E-state index in [1.165, 1.54) is 0 Å². The van der Waals surface area contributed by atoms with Gasteiger partial charge in [0.25, 0.3) is 0 Å². The van der Waals surface area contributed by atoms with Crippen LogP contribution in [0.25, 0.3) is 0 Å². The lowest BCUT2D eigenvalue weighted by Crippen LogP contribution is -2.37. The molecule has 0 atom stereocenters. The summed E-state index contributed by atoms with van der Waals surface area (Å²) in [4.78, 5) is 0. The lowest BCUT2D eigenvalue weighted by atomic mass is 9.87. The highest BCUT2D eigenvalue weighted by atomic mass is 32.1. The van der Waals surface area contributed by atoms with Crippen LogP contribution in [0.3, 0.4) is 0 Å². The predicted octanol–water partition coefficient (Wildman–Crippen LogP) is 3.76. The van der Waals surface area contributed by atoms with Crippen LogP contribution in [0, 0.1) is 0 Å². The first-order chi connectivity index (χ1) is 9.25. The monoisotopic (exact) mass is 303 g/mol. The third-order valence-corrected chi connectivity index (χ3v) is 4.69.